The van der Waals surface area contributed by atoms with Gasteiger partial charge in [0.05, 0.1) is 18.3 Å². The van der Waals surface area contributed by atoms with E-state index in [1.165, 1.54) is 0 Å². The highest BCUT2D eigenvalue weighted by Gasteiger charge is 2.18. The zero-order chi connectivity index (χ0) is 14.3. The van der Waals surface area contributed by atoms with E-state index in [4.69, 9.17) is 9.47 Å². The van der Waals surface area contributed by atoms with Crippen molar-refractivity contribution in [1.29, 1.82) is 0 Å². The van der Waals surface area contributed by atoms with Gasteiger partial charge in [0.25, 0.3) is 0 Å². The SMILES string of the molecule is CCCOc1ccc(C(O)CCC(C)(C)OC)cc1. The number of hydrogen-bond donors (Lipinski definition) is 1. The number of ether oxygens (including phenoxy) is 2. The van der Waals surface area contributed by atoms with Crippen molar-refractivity contribution in [3.8, 4) is 5.75 Å². The molecule has 19 heavy (non-hydrogen) atoms. The average molecular weight is 266 g/mol. The highest BCUT2D eigenvalue weighted by Crippen LogP contribution is 2.25. The summed E-state index contributed by atoms with van der Waals surface area (Å²) in [6.07, 6.45) is 2.06. The summed E-state index contributed by atoms with van der Waals surface area (Å²) in [5.74, 6) is 0.857. The predicted octanol–water partition coefficient (Wildman–Crippen LogP) is 3.71. The van der Waals surface area contributed by atoms with Gasteiger partial charge in [0.2, 0.25) is 0 Å². The molecule has 3 nitrogen and oxygen atoms in total. The average Bonchev–Trinajstić information content (AvgIpc) is 2.43. The second kappa shape index (κ2) is 7.51. The van der Waals surface area contributed by atoms with Crippen molar-refractivity contribution in [1.82, 2.24) is 0 Å². The molecule has 0 spiro atoms. The second-order valence-electron chi connectivity index (χ2n) is 5.44. The van der Waals surface area contributed by atoms with E-state index in [0.29, 0.717) is 6.42 Å². The summed E-state index contributed by atoms with van der Waals surface area (Å²) < 4.78 is 10.9. The van der Waals surface area contributed by atoms with E-state index in [1.807, 2.05) is 38.1 Å². The third-order valence-corrected chi connectivity index (χ3v) is 3.31. The van der Waals surface area contributed by atoms with Crippen LogP contribution in [0.3, 0.4) is 0 Å². The van der Waals surface area contributed by atoms with E-state index in [-0.39, 0.29) is 5.60 Å². The summed E-state index contributed by atoms with van der Waals surface area (Å²) >= 11 is 0. The molecule has 1 unspecified atom stereocenters. The van der Waals surface area contributed by atoms with Gasteiger partial charge < -0.3 is 14.6 Å². The summed E-state index contributed by atoms with van der Waals surface area (Å²) in [5, 5.41) is 10.1. The minimum Gasteiger partial charge on any atom is -0.494 e. The Morgan fingerprint density at radius 3 is 2.37 bits per heavy atom. The Bertz CT molecular complexity index is 357. The maximum atomic E-state index is 10.1. The van der Waals surface area contributed by atoms with Crippen molar-refractivity contribution in [2.24, 2.45) is 0 Å². The monoisotopic (exact) mass is 266 g/mol. The zero-order valence-electron chi connectivity index (χ0n) is 12.5. The molecule has 108 valence electrons. The van der Waals surface area contributed by atoms with Crippen molar-refractivity contribution >= 4 is 0 Å². The maximum absolute atomic E-state index is 10.1. The Balaban J connectivity index is 2.50. The molecule has 0 radical (unpaired) electrons. The fourth-order valence-electron chi connectivity index (χ4n) is 1.76. The first-order valence-corrected chi connectivity index (χ1v) is 6.94. The Labute approximate surface area is 116 Å². The lowest BCUT2D eigenvalue weighted by Crippen LogP contribution is -2.23. The van der Waals surface area contributed by atoms with Gasteiger partial charge in [0.1, 0.15) is 5.75 Å². The molecule has 1 rings (SSSR count). The molecule has 0 aliphatic heterocycles. The fourth-order valence-corrected chi connectivity index (χ4v) is 1.76. The third-order valence-electron chi connectivity index (χ3n) is 3.31. The molecule has 0 amide bonds. The Kier molecular flexibility index (Phi) is 6.32. The van der Waals surface area contributed by atoms with E-state index in [0.717, 1.165) is 30.8 Å². The predicted molar refractivity (Wildman–Crippen MR) is 77.5 cm³/mol. The lowest BCUT2D eigenvalue weighted by atomic mass is 9.97. The van der Waals surface area contributed by atoms with Crippen LogP contribution in [0.1, 0.15) is 51.7 Å². The Morgan fingerprint density at radius 2 is 1.84 bits per heavy atom. The zero-order valence-corrected chi connectivity index (χ0v) is 12.5. The van der Waals surface area contributed by atoms with Crippen LogP contribution >= 0.6 is 0 Å². The van der Waals surface area contributed by atoms with Crippen molar-refractivity contribution < 1.29 is 14.6 Å². The van der Waals surface area contributed by atoms with Crippen LogP contribution in [0.2, 0.25) is 0 Å². The molecule has 0 aromatic heterocycles. The molecule has 1 N–H and O–H groups in total. The molecular formula is C16H26O3. The lowest BCUT2D eigenvalue weighted by Gasteiger charge is -2.24. The summed E-state index contributed by atoms with van der Waals surface area (Å²) in [7, 11) is 1.70. The quantitative estimate of drug-likeness (QED) is 0.779. The summed E-state index contributed by atoms with van der Waals surface area (Å²) in [5.41, 5.74) is 0.737. The summed E-state index contributed by atoms with van der Waals surface area (Å²) in [4.78, 5) is 0. The molecule has 0 aliphatic carbocycles. The van der Waals surface area contributed by atoms with Gasteiger partial charge in [-0.2, -0.15) is 0 Å². The molecule has 1 atom stereocenters. The number of rotatable bonds is 8. The van der Waals surface area contributed by atoms with Crippen LogP contribution in [0, 0.1) is 0 Å². The fraction of sp³-hybridized carbons (Fsp3) is 0.625. The van der Waals surface area contributed by atoms with Gasteiger partial charge in [-0.05, 0) is 50.8 Å². The normalized spacial score (nSPS) is 13.3. The van der Waals surface area contributed by atoms with Gasteiger partial charge >= 0.3 is 0 Å². The van der Waals surface area contributed by atoms with E-state index in [9.17, 15) is 5.11 Å². The van der Waals surface area contributed by atoms with E-state index in [1.54, 1.807) is 7.11 Å². The van der Waals surface area contributed by atoms with Gasteiger partial charge in [-0.15, -0.1) is 0 Å². The van der Waals surface area contributed by atoms with Crippen molar-refractivity contribution in [3.63, 3.8) is 0 Å². The third kappa shape index (κ3) is 5.62. The molecule has 0 saturated carbocycles. The number of methoxy groups -OCH3 is 1. The van der Waals surface area contributed by atoms with E-state index >= 15 is 0 Å². The molecule has 0 bridgehead atoms. The summed E-state index contributed by atoms with van der Waals surface area (Å²) in [6.45, 7) is 6.86. The molecule has 1 aromatic carbocycles. The van der Waals surface area contributed by atoms with Crippen molar-refractivity contribution in [2.45, 2.75) is 51.7 Å². The van der Waals surface area contributed by atoms with E-state index in [2.05, 4.69) is 6.92 Å². The topological polar surface area (TPSA) is 38.7 Å². The van der Waals surface area contributed by atoms with Crippen LogP contribution in [0.25, 0.3) is 0 Å². The van der Waals surface area contributed by atoms with Crippen LogP contribution in [-0.2, 0) is 4.74 Å². The number of benzene rings is 1. The molecule has 3 heteroatoms. The molecule has 0 aliphatic rings. The standard InChI is InChI=1S/C16H26O3/c1-5-12-19-14-8-6-13(7-9-14)15(17)10-11-16(2,3)18-4/h6-9,15,17H,5,10-12H2,1-4H3. The molecule has 0 fully saturated rings. The highest BCUT2D eigenvalue weighted by atomic mass is 16.5. The first-order chi connectivity index (χ1) is 8.98. The van der Waals surface area contributed by atoms with Gasteiger partial charge in [0, 0.05) is 7.11 Å². The second-order valence-corrected chi connectivity index (χ2v) is 5.44. The highest BCUT2D eigenvalue weighted by molar-refractivity contribution is 5.28. The molecule has 1 aromatic rings. The van der Waals surface area contributed by atoms with Crippen LogP contribution in [0.5, 0.6) is 5.75 Å². The van der Waals surface area contributed by atoms with Gasteiger partial charge in [-0.25, -0.2) is 0 Å². The molecule has 0 heterocycles. The number of aliphatic hydroxyl groups excluding tert-OH is 1. The number of hydrogen-bond acceptors (Lipinski definition) is 3. The van der Waals surface area contributed by atoms with Crippen molar-refractivity contribution in [3.05, 3.63) is 29.8 Å². The largest absolute Gasteiger partial charge is 0.494 e. The minimum atomic E-state index is -0.449. The van der Waals surface area contributed by atoms with Crippen molar-refractivity contribution in [2.75, 3.05) is 13.7 Å². The van der Waals surface area contributed by atoms with Crippen LogP contribution < -0.4 is 4.74 Å². The van der Waals surface area contributed by atoms with Gasteiger partial charge in [-0.1, -0.05) is 19.1 Å². The number of aliphatic hydroxyl groups is 1. The molecule has 0 saturated heterocycles. The first kappa shape index (κ1) is 16.0. The van der Waals surface area contributed by atoms with Crippen LogP contribution in [-0.4, -0.2) is 24.4 Å². The smallest absolute Gasteiger partial charge is 0.119 e. The molecular weight excluding hydrogens is 240 g/mol. The summed E-state index contributed by atoms with van der Waals surface area (Å²) in [6, 6.07) is 7.68. The lowest BCUT2D eigenvalue weighted by molar-refractivity contribution is 0.00278. The van der Waals surface area contributed by atoms with Gasteiger partial charge in [-0.3, -0.25) is 0 Å². The maximum Gasteiger partial charge on any atom is 0.119 e. The van der Waals surface area contributed by atoms with Gasteiger partial charge in [0.15, 0.2) is 0 Å². The first-order valence-electron chi connectivity index (χ1n) is 6.94. The minimum absolute atomic E-state index is 0.189. The van der Waals surface area contributed by atoms with Crippen LogP contribution in [0.4, 0.5) is 0 Å². The Hall–Kier alpha value is -1.06. The van der Waals surface area contributed by atoms with Crippen LogP contribution in [0.15, 0.2) is 24.3 Å². The van der Waals surface area contributed by atoms with E-state index < -0.39 is 6.10 Å². The Morgan fingerprint density at radius 1 is 1.21 bits per heavy atom.